The molecule has 25 nitrogen and oxygen atoms in total. The SMILES string of the molecule is COc1cc(C[N+]2(CCCOC(=O)/C=C\C(=O)OCCC[N@+]3(C)CCc4cc(CO)c(CO)cc4[C@H]3Cc3cc(OC)c(OC)c(OC)c3)CCCC2)cc(OC)c1C.COc1ccc(C[C@@H]2c3cc(CO)c(CO)cc3CC[N@@+]2(C)CCCOC(=O)/C=C\C(=O)OCCC[N+]2(Cc3cc(OC)c(C)c(OC)c3)CCCC2)cc1OC.[CH3-].[CH3-].[CH3-].[CH3-]. The zero-order chi connectivity index (χ0) is 83.6. The van der Waals surface area contributed by atoms with Crippen molar-refractivity contribution < 1.29 is 119 Å². The molecule has 2 fully saturated rings. The van der Waals surface area contributed by atoms with Crippen molar-refractivity contribution in [2.75, 3.05) is 170 Å². The Bertz CT molecular complexity index is 4280. The number of quaternary nitrogens is 4. The van der Waals surface area contributed by atoms with Gasteiger partial charge >= 0.3 is 23.9 Å². The molecule has 6 aromatic rings. The summed E-state index contributed by atoms with van der Waals surface area (Å²) in [6.45, 7) is 15.1. The third-order valence-corrected chi connectivity index (χ3v) is 24.2. The normalized spacial score (nSPS) is 17.8. The Morgan fingerprint density at radius 3 is 0.975 bits per heavy atom. The van der Waals surface area contributed by atoms with E-state index in [4.69, 9.17) is 61.6 Å². The van der Waals surface area contributed by atoms with Crippen molar-refractivity contribution in [1.82, 2.24) is 0 Å². The number of aliphatic hydroxyl groups excluding tert-OH is 4. The Balaban J connectivity index is 0.000000414. The molecule has 4 heterocycles. The van der Waals surface area contributed by atoms with E-state index in [-0.39, 0.29) is 94.6 Å². The molecule has 0 bridgehead atoms. The lowest BCUT2D eigenvalue weighted by Crippen LogP contribution is -2.52. The quantitative estimate of drug-likeness (QED) is 0.00693. The van der Waals surface area contributed by atoms with Crippen LogP contribution in [0.3, 0.4) is 0 Å². The van der Waals surface area contributed by atoms with Crippen LogP contribution in [0, 0.1) is 43.6 Å². The Labute approximate surface area is 714 Å². The highest BCUT2D eigenvalue weighted by atomic mass is 16.6. The van der Waals surface area contributed by atoms with E-state index in [1.165, 1.54) is 5.56 Å². The highest BCUT2D eigenvalue weighted by Gasteiger charge is 2.42. The second-order valence-corrected chi connectivity index (χ2v) is 31.5. The Hall–Kier alpha value is -9.44. The average Bonchev–Trinajstić information content (AvgIpc) is 1.02. The van der Waals surface area contributed by atoms with Crippen LogP contribution >= 0.6 is 0 Å². The van der Waals surface area contributed by atoms with E-state index >= 15 is 0 Å². The second kappa shape index (κ2) is 48.3. The fourth-order valence-electron chi connectivity index (χ4n) is 17.8. The molecule has 0 aliphatic carbocycles. The molecule has 6 aromatic carbocycles. The monoisotopic (exact) mass is 1670 g/mol. The van der Waals surface area contributed by atoms with E-state index in [0.29, 0.717) is 88.3 Å². The molecule has 4 N–H and O–H groups in total. The van der Waals surface area contributed by atoms with Gasteiger partial charge in [-0.2, -0.15) is 0 Å². The predicted octanol–water partition coefficient (Wildman–Crippen LogP) is 12.9. The summed E-state index contributed by atoms with van der Waals surface area (Å²) < 4.78 is 75.5. The van der Waals surface area contributed by atoms with Crippen LogP contribution in [0.15, 0.2) is 103 Å². The lowest BCUT2D eigenvalue weighted by molar-refractivity contribution is -0.941. The number of nitrogens with zero attached hydrogens (tertiary/aromatic N) is 4. The zero-order valence-electron chi connectivity index (χ0n) is 74.6. The highest BCUT2D eigenvalue weighted by molar-refractivity contribution is 5.92. The van der Waals surface area contributed by atoms with Crippen LogP contribution in [0.2, 0.25) is 0 Å². The lowest BCUT2D eigenvalue weighted by Gasteiger charge is -2.46. The van der Waals surface area contributed by atoms with Crippen LogP contribution in [0.25, 0.3) is 0 Å². The number of rotatable bonds is 41. The fraction of sp³-hybridized carbons (Fsp3) is 0.495. The third-order valence-electron chi connectivity index (χ3n) is 24.2. The first-order valence-corrected chi connectivity index (χ1v) is 40.5. The predicted molar refractivity (Wildman–Crippen MR) is 465 cm³/mol. The Morgan fingerprint density at radius 2 is 0.658 bits per heavy atom. The molecule has 4 aliphatic rings. The van der Waals surface area contributed by atoms with Crippen molar-refractivity contribution in [3.8, 4) is 51.7 Å². The molecule has 4 aliphatic heterocycles. The number of hydrogen-bond acceptors (Lipinski definition) is 21. The largest absolute Gasteiger partial charge is 0.496 e. The Morgan fingerprint density at radius 1 is 0.358 bits per heavy atom. The van der Waals surface area contributed by atoms with E-state index in [0.717, 1.165) is 234 Å². The summed E-state index contributed by atoms with van der Waals surface area (Å²) in [6.07, 6.45) is 14.7. The van der Waals surface area contributed by atoms with Gasteiger partial charge in [-0.15, -0.1) is 0 Å². The van der Waals surface area contributed by atoms with Crippen LogP contribution in [0.5, 0.6) is 51.7 Å². The number of hydrogen-bond donors (Lipinski definition) is 4. The molecule has 0 radical (unpaired) electrons. The van der Waals surface area contributed by atoms with Crippen LogP contribution in [0.4, 0.5) is 0 Å². The molecule has 664 valence electrons. The molecule has 0 saturated carbocycles. The lowest BCUT2D eigenvalue weighted by atomic mass is 9.84. The summed E-state index contributed by atoms with van der Waals surface area (Å²) in [6, 6.07) is 26.4. The van der Waals surface area contributed by atoms with Gasteiger partial charge in [0.1, 0.15) is 48.2 Å². The van der Waals surface area contributed by atoms with Gasteiger partial charge < -0.3 is 130 Å². The molecule has 2 saturated heterocycles. The molecule has 0 amide bonds. The van der Waals surface area contributed by atoms with Crippen molar-refractivity contribution >= 4 is 23.9 Å². The summed E-state index contributed by atoms with van der Waals surface area (Å²) in [5.74, 6) is 3.90. The van der Waals surface area contributed by atoms with Gasteiger partial charge in [-0.1, -0.05) is 18.2 Å². The van der Waals surface area contributed by atoms with E-state index in [9.17, 15) is 39.6 Å². The Kier molecular flexibility index (Phi) is 40.7. The van der Waals surface area contributed by atoms with Gasteiger partial charge in [0.15, 0.2) is 23.0 Å². The van der Waals surface area contributed by atoms with Crippen LogP contribution in [-0.2, 0) is 103 Å². The maximum Gasteiger partial charge on any atom is 0.331 e. The van der Waals surface area contributed by atoms with Crippen LogP contribution < -0.4 is 42.6 Å². The van der Waals surface area contributed by atoms with Gasteiger partial charge in [-0.25, -0.2) is 19.2 Å². The minimum atomic E-state index is -0.600. The summed E-state index contributed by atoms with van der Waals surface area (Å²) in [5.41, 5.74) is 13.8. The molecular formula is C95H138N4O21. The van der Waals surface area contributed by atoms with Gasteiger partial charge in [0.05, 0.1) is 196 Å². The standard InChI is InChI=1S/C46H64N2O11.C45H62N2O10.4CH3/c1-32-40(53-3)25-34(26-41(32)54-4)29-48(16-8-9-17-48)18-11-21-59-45(52)13-12-44(51)58-20-10-15-47(2)19-14-35-27-36(30-49)37(31-50)28-38(35)39(47)22-33-23-42(55-5)46(57-7)43(24-33)56-6;1-32-41(53-4)25-34(26-42(32)54-5)29-47(17-7-8-18-47)19-10-22-57-45(51)14-13-44(50)56-21-9-16-46(2)20-15-35-27-36(30-48)37(31-49)28-38(35)39(46)23-33-11-12-40(52-3)43(24-33)55-6;;;;/h12-13,23-28,39,49-50H,8-11,14-22,29-31H2,1-7H3;11-14,24-28,39,48-49H,7-10,15-23,29-31H2,1-6H3;4*1H3/q2*+2;4*-1/b13-12-;14-13-;;;;/t39-,47-;39-,46-;;;;/m11..../s1. The number of ether oxygens (including phenoxy) is 13. The number of aliphatic hydroxyl groups is 4. The minimum absolute atomic E-state index is 0. The molecule has 0 aromatic heterocycles. The highest BCUT2D eigenvalue weighted by Crippen LogP contribution is 2.45. The van der Waals surface area contributed by atoms with Crippen molar-refractivity contribution in [3.63, 3.8) is 0 Å². The van der Waals surface area contributed by atoms with Gasteiger partial charge in [-0.05, 0) is 119 Å². The molecule has 0 spiro atoms. The van der Waals surface area contributed by atoms with Crippen LogP contribution in [-0.4, -0.2) is 232 Å². The maximum absolute atomic E-state index is 12.7. The van der Waals surface area contributed by atoms with Gasteiger partial charge in [0, 0.05) is 135 Å². The average molecular weight is 1670 g/mol. The number of methoxy groups -OCH3 is 9. The number of likely N-dealkylation sites (N-methyl/N-ethyl adjacent to an activating group) is 2. The molecule has 120 heavy (non-hydrogen) atoms. The van der Waals surface area contributed by atoms with E-state index < -0.39 is 23.9 Å². The van der Waals surface area contributed by atoms with E-state index in [1.807, 2.05) is 68.4 Å². The first kappa shape index (κ1) is 101. The van der Waals surface area contributed by atoms with Crippen molar-refractivity contribution in [1.29, 1.82) is 0 Å². The van der Waals surface area contributed by atoms with Crippen molar-refractivity contribution in [2.24, 2.45) is 0 Å². The van der Waals surface area contributed by atoms with Crippen LogP contribution in [0.1, 0.15) is 141 Å². The molecule has 10 rings (SSSR count). The number of esters is 4. The third kappa shape index (κ3) is 26.1. The van der Waals surface area contributed by atoms with E-state index in [2.05, 4.69) is 38.4 Å². The van der Waals surface area contributed by atoms with E-state index in [1.54, 1.807) is 64.0 Å². The first-order valence-electron chi connectivity index (χ1n) is 40.5. The molecular weight excluding hydrogens is 1530 g/mol. The topological polar surface area (TPSA) is 269 Å². The number of benzene rings is 6. The maximum atomic E-state index is 12.7. The fourth-order valence-corrected chi connectivity index (χ4v) is 17.8. The molecule has 25 heteroatoms. The zero-order valence-corrected chi connectivity index (χ0v) is 74.6. The number of fused-ring (bicyclic) bond motifs is 2. The minimum Gasteiger partial charge on any atom is -0.496 e. The summed E-state index contributed by atoms with van der Waals surface area (Å²) in [5, 5.41) is 40.3. The molecule has 4 atom stereocenters. The summed E-state index contributed by atoms with van der Waals surface area (Å²) in [4.78, 5) is 50.3. The number of carbonyl (C=O) groups is 4. The summed E-state index contributed by atoms with van der Waals surface area (Å²) in [7, 11) is 19.1. The van der Waals surface area contributed by atoms with Gasteiger partial charge in [-0.3, -0.25) is 0 Å². The second-order valence-electron chi connectivity index (χ2n) is 31.5. The first-order chi connectivity index (χ1) is 55.9. The smallest absolute Gasteiger partial charge is 0.331 e. The molecule has 0 unspecified atom stereocenters. The van der Waals surface area contributed by atoms with Crippen molar-refractivity contribution in [2.45, 2.75) is 142 Å². The number of carbonyl (C=O) groups excluding carboxylic acids is 4. The summed E-state index contributed by atoms with van der Waals surface area (Å²) >= 11 is 0. The van der Waals surface area contributed by atoms with Gasteiger partial charge in [0.2, 0.25) is 5.75 Å². The number of likely N-dealkylation sites (tertiary alicyclic amines) is 2. The van der Waals surface area contributed by atoms with Gasteiger partial charge in [0.25, 0.3) is 0 Å². The van der Waals surface area contributed by atoms with Crippen molar-refractivity contribution in [3.05, 3.63) is 211 Å².